The minimum absolute atomic E-state index is 0.0730. The summed E-state index contributed by atoms with van der Waals surface area (Å²) < 4.78 is 40.4. The fraction of sp³-hybridized carbons (Fsp3) is 0.333. The Balaban J connectivity index is 2.16. The number of halogens is 3. The second-order valence-electron chi connectivity index (χ2n) is 5.30. The van der Waals surface area contributed by atoms with Crippen LogP contribution in [0.4, 0.5) is 13.2 Å². The molecule has 0 aliphatic heterocycles. The molecule has 0 saturated heterocycles. The van der Waals surface area contributed by atoms with Crippen LogP contribution in [0.3, 0.4) is 0 Å². The maximum atomic E-state index is 13.0. The molecule has 2 heterocycles. The number of aromatic nitrogens is 4. The summed E-state index contributed by atoms with van der Waals surface area (Å²) in [6, 6.07) is 5.35. The number of nitrogens with zero attached hydrogens (tertiary/aromatic N) is 3. The summed E-state index contributed by atoms with van der Waals surface area (Å²) >= 11 is 0. The van der Waals surface area contributed by atoms with Crippen molar-refractivity contribution in [3.05, 3.63) is 42.1 Å². The van der Waals surface area contributed by atoms with Crippen LogP contribution in [0.15, 0.2) is 30.6 Å². The molecule has 2 aromatic heterocycles. The van der Waals surface area contributed by atoms with Gasteiger partial charge in [-0.1, -0.05) is 13.8 Å². The molecule has 1 N–H and O–H groups in total. The van der Waals surface area contributed by atoms with Crippen molar-refractivity contribution in [3.8, 4) is 5.69 Å². The van der Waals surface area contributed by atoms with E-state index in [2.05, 4.69) is 15.2 Å². The molecule has 0 saturated carbocycles. The first-order valence-electron chi connectivity index (χ1n) is 7.00. The average molecular weight is 308 g/mol. The van der Waals surface area contributed by atoms with E-state index < -0.39 is 11.9 Å². The second-order valence-corrected chi connectivity index (χ2v) is 5.30. The summed E-state index contributed by atoms with van der Waals surface area (Å²) in [4.78, 5) is 3.81. The lowest BCUT2D eigenvalue weighted by Gasteiger charge is -2.12. The minimum atomic E-state index is -4.45. The monoisotopic (exact) mass is 308 g/mol. The first-order chi connectivity index (χ1) is 10.4. The molecule has 1 atom stereocenters. The van der Waals surface area contributed by atoms with Gasteiger partial charge in [-0.05, 0) is 24.6 Å². The first kappa shape index (κ1) is 14.6. The van der Waals surface area contributed by atoms with Gasteiger partial charge in [-0.15, -0.1) is 0 Å². The molecule has 0 unspecified atom stereocenters. The molecule has 0 aliphatic rings. The zero-order valence-electron chi connectivity index (χ0n) is 12.1. The van der Waals surface area contributed by atoms with Crippen LogP contribution < -0.4 is 0 Å². The Bertz CT molecular complexity index is 801. The number of nitrogens with one attached hydrogen (secondary N) is 1. The van der Waals surface area contributed by atoms with E-state index in [1.165, 1.54) is 4.57 Å². The van der Waals surface area contributed by atoms with Gasteiger partial charge in [-0.25, -0.2) is 4.98 Å². The molecular weight excluding hydrogens is 293 g/mol. The van der Waals surface area contributed by atoms with E-state index in [1.807, 2.05) is 13.8 Å². The van der Waals surface area contributed by atoms with Crippen LogP contribution in [-0.2, 0) is 6.18 Å². The van der Waals surface area contributed by atoms with Crippen LogP contribution in [0.1, 0.15) is 37.7 Å². The predicted molar refractivity (Wildman–Crippen MR) is 76.9 cm³/mol. The summed E-state index contributed by atoms with van der Waals surface area (Å²) in [7, 11) is 0. The van der Waals surface area contributed by atoms with Crippen molar-refractivity contribution in [2.75, 3.05) is 0 Å². The number of aromatic amines is 1. The first-order valence-corrected chi connectivity index (χ1v) is 7.00. The normalized spacial score (nSPS) is 13.7. The molecule has 3 aromatic rings. The molecule has 4 nitrogen and oxygen atoms in total. The summed E-state index contributed by atoms with van der Waals surface area (Å²) in [5.41, 5.74) is 0.618. The average Bonchev–Trinajstić information content (AvgIpc) is 3.11. The second kappa shape index (κ2) is 5.15. The Hall–Kier alpha value is -2.31. The molecular formula is C15H15F3N4. The molecule has 0 bridgehead atoms. The van der Waals surface area contributed by atoms with E-state index in [-0.39, 0.29) is 5.92 Å². The molecule has 22 heavy (non-hydrogen) atoms. The Morgan fingerprint density at radius 1 is 1.32 bits per heavy atom. The highest BCUT2D eigenvalue weighted by Gasteiger charge is 2.35. The van der Waals surface area contributed by atoms with Crippen molar-refractivity contribution in [1.29, 1.82) is 0 Å². The van der Waals surface area contributed by atoms with Crippen molar-refractivity contribution in [1.82, 2.24) is 19.7 Å². The van der Waals surface area contributed by atoms with Gasteiger partial charge in [0, 0.05) is 23.2 Å². The van der Waals surface area contributed by atoms with Crippen LogP contribution in [0.25, 0.3) is 16.6 Å². The van der Waals surface area contributed by atoms with Crippen molar-refractivity contribution in [3.63, 3.8) is 0 Å². The highest BCUT2D eigenvalue weighted by Crippen LogP contribution is 2.32. The zero-order valence-corrected chi connectivity index (χ0v) is 12.1. The Kier molecular flexibility index (Phi) is 3.42. The molecule has 0 radical (unpaired) electrons. The summed E-state index contributed by atoms with van der Waals surface area (Å²) in [5.74, 6) is 0.341. The molecule has 116 valence electrons. The van der Waals surface area contributed by atoms with Crippen LogP contribution in [0.5, 0.6) is 0 Å². The van der Waals surface area contributed by atoms with E-state index in [0.717, 1.165) is 17.1 Å². The Morgan fingerprint density at radius 2 is 2.09 bits per heavy atom. The molecule has 0 fully saturated rings. The molecule has 0 aliphatic carbocycles. The van der Waals surface area contributed by atoms with Crippen molar-refractivity contribution in [2.24, 2.45) is 0 Å². The number of H-pyrrole nitrogens is 1. The molecule has 0 spiro atoms. The van der Waals surface area contributed by atoms with E-state index in [1.54, 1.807) is 24.4 Å². The minimum Gasteiger partial charge on any atom is -0.303 e. The number of hydrogen-bond acceptors (Lipinski definition) is 2. The van der Waals surface area contributed by atoms with E-state index >= 15 is 0 Å². The van der Waals surface area contributed by atoms with E-state index in [0.29, 0.717) is 17.9 Å². The highest BCUT2D eigenvalue weighted by molar-refractivity contribution is 5.80. The fourth-order valence-corrected chi connectivity index (χ4v) is 2.35. The lowest BCUT2D eigenvalue weighted by atomic mass is 10.1. The summed E-state index contributed by atoms with van der Waals surface area (Å²) in [6.45, 7) is 3.80. The van der Waals surface area contributed by atoms with Gasteiger partial charge in [0.1, 0.15) is 5.82 Å². The van der Waals surface area contributed by atoms with Crippen LogP contribution in [-0.4, -0.2) is 19.7 Å². The zero-order chi connectivity index (χ0) is 15.9. The van der Waals surface area contributed by atoms with Crippen LogP contribution in [0, 0.1) is 0 Å². The van der Waals surface area contributed by atoms with Gasteiger partial charge in [-0.3, -0.25) is 5.10 Å². The van der Waals surface area contributed by atoms with Crippen molar-refractivity contribution < 1.29 is 13.2 Å². The SMILES string of the molecule is CC[C@@H](C)c1nc(C(F)(F)F)cn1-c1ccc2[nH]ncc2c1. The van der Waals surface area contributed by atoms with Gasteiger partial charge in [0.25, 0.3) is 0 Å². The molecule has 3 rings (SSSR count). The van der Waals surface area contributed by atoms with Gasteiger partial charge in [0.05, 0.1) is 11.7 Å². The molecule has 1 aromatic carbocycles. The number of benzene rings is 1. The Labute approximate surface area is 125 Å². The maximum Gasteiger partial charge on any atom is 0.434 e. The van der Waals surface area contributed by atoms with Gasteiger partial charge < -0.3 is 4.57 Å². The number of rotatable bonds is 3. The summed E-state index contributed by atoms with van der Waals surface area (Å²) in [5, 5.41) is 7.59. The third kappa shape index (κ3) is 2.47. The smallest absolute Gasteiger partial charge is 0.303 e. The predicted octanol–water partition coefficient (Wildman–Crippen LogP) is 4.28. The fourth-order valence-electron chi connectivity index (χ4n) is 2.35. The maximum absolute atomic E-state index is 13.0. The third-order valence-corrected chi connectivity index (χ3v) is 3.78. The molecule has 7 heteroatoms. The molecule has 0 amide bonds. The largest absolute Gasteiger partial charge is 0.434 e. The number of imidazole rings is 1. The standard InChI is InChI=1S/C15H15F3N4/c1-3-9(2)14-20-13(15(16,17)18)8-22(14)11-4-5-12-10(6-11)7-19-21-12/h4-9H,3H2,1-2H3,(H,19,21)/t9-/m1/s1. The van der Waals surface area contributed by atoms with E-state index in [9.17, 15) is 13.2 Å². The Morgan fingerprint density at radius 3 is 2.77 bits per heavy atom. The van der Waals surface area contributed by atoms with Crippen molar-refractivity contribution >= 4 is 10.9 Å². The third-order valence-electron chi connectivity index (χ3n) is 3.78. The van der Waals surface area contributed by atoms with Gasteiger partial charge in [0.15, 0.2) is 5.69 Å². The van der Waals surface area contributed by atoms with Crippen molar-refractivity contribution in [2.45, 2.75) is 32.4 Å². The topological polar surface area (TPSA) is 46.5 Å². The van der Waals surface area contributed by atoms with Gasteiger partial charge in [0.2, 0.25) is 0 Å². The van der Waals surface area contributed by atoms with Crippen LogP contribution >= 0.6 is 0 Å². The quantitative estimate of drug-likeness (QED) is 0.785. The summed E-state index contributed by atoms with van der Waals surface area (Å²) in [6.07, 6.45) is -1.04. The van der Waals surface area contributed by atoms with E-state index in [4.69, 9.17) is 0 Å². The number of fused-ring (bicyclic) bond motifs is 1. The van der Waals surface area contributed by atoms with Gasteiger partial charge >= 0.3 is 6.18 Å². The van der Waals surface area contributed by atoms with Crippen LogP contribution in [0.2, 0.25) is 0 Å². The lowest BCUT2D eigenvalue weighted by molar-refractivity contribution is -0.141. The number of hydrogen-bond donors (Lipinski definition) is 1. The highest BCUT2D eigenvalue weighted by atomic mass is 19.4. The number of alkyl halides is 3. The van der Waals surface area contributed by atoms with Gasteiger partial charge in [-0.2, -0.15) is 18.3 Å². The lowest BCUT2D eigenvalue weighted by Crippen LogP contribution is -2.06.